The zero-order valence-electron chi connectivity index (χ0n) is 10.4. The normalized spacial score (nSPS) is 13.1. The Morgan fingerprint density at radius 3 is 2.53 bits per heavy atom. The molecule has 106 valence electrons. The van der Waals surface area contributed by atoms with Crippen molar-refractivity contribution in [1.29, 1.82) is 0 Å². The van der Waals surface area contributed by atoms with Crippen LogP contribution < -0.4 is 16.8 Å². The number of rotatable bonds is 5. The van der Waals surface area contributed by atoms with Crippen LogP contribution in [0, 0.1) is 0 Å². The van der Waals surface area contributed by atoms with Gasteiger partial charge in [-0.1, -0.05) is 6.92 Å². The number of benzene rings is 1. The average molecular weight is 275 g/mol. The van der Waals surface area contributed by atoms with Gasteiger partial charge in [-0.2, -0.15) is 13.2 Å². The van der Waals surface area contributed by atoms with Crippen molar-refractivity contribution in [3.05, 3.63) is 29.3 Å². The van der Waals surface area contributed by atoms with E-state index in [-0.39, 0.29) is 11.7 Å². The Hall–Kier alpha value is -1.76. The lowest BCUT2D eigenvalue weighted by Crippen LogP contribution is -2.28. The number of hydrogen-bond acceptors (Lipinski definition) is 3. The highest BCUT2D eigenvalue weighted by Gasteiger charge is 2.35. The number of halogens is 3. The Balaban J connectivity index is 3.02. The van der Waals surface area contributed by atoms with E-state index in [4.69, 9.17) is 11.5 Å². The minimum absolute atomic E-state index is 0.148. The van der Waals surface area contributed by atoms with E-state index in [1.807, 2.05) is 6.92 Å². The highest BCUT2D eigenvalue weighted by Crippen LogP contribution is 2.33. The van der Waals surface area contributed by atoms with E-state index >= 15 is 0 Å². The van der Waals surface area contributed by atoms with Gasteiger partial charge in [-0.3, -0.25) is 4.79 Å². The van der Waals surface area contributed by atoms with E-state index in [0.717, 1.165) is 12.1 Å². The third kappa shape index (κ3) is 4.13. The number of carbonyl (C=O) groups excluding carboxylic acids is 1. The van der Waals surface area contributed by atoms with E-state index in [1.165, 1.54) is 6.07 Å². The molecule has 0 spiro atoms. The summed E-state index contributed by atoms with van der Waals surface area (Å²) >= 11 is 0. The predicted molar refractivity (Wildman–Crippen MR) is 66.7 cm³/mol. The number of amides is 1. The van der Waals surface area contributed by atoms with Crippen molar-refractivity contribution < 1.29 is 18.0 Å². The van der Waals surface area contributed by atoms with Gasteiger partial charge in [0, 0.05) is 18.3 Å². The van der Waals surface area contributed by atoms with Gasteiger partial charge in [-0.05, 0) is 24.6 Å². The van der Waals surface area contributed by atoms with E-state index in [2.05, 4.69) is 5.32 Å². The molecule has 1 amide bonds. The van der Waals surface area contributed by atoms with Gasteiger partial charge in [0.1, 0.15) is 0 Å². The van der Waals surface area contributed by atoms with Crippen molar-refractivity contribution in [1.82, 2.24) is 0 Å². The maximum atomic E-state index is 12.8. The number of alkyl halides is 3. The van der Waals surface area contributed by atoms with Crippen molar-refractivity contribution in [2.75, 3.05) is 11.9 Å². The van der Waals surface area contributed by atoms with Crippen LogP contribution in [0.3, 0.4) is 0 Å². The fraction of sp³-hybridized carbons (Fsp3) is 0.417. The zero-order chi connectivity index (χ0) is 14.6. The number of hydrogen-bond donors (Lipinski definition) is 3. The van der Waals surface area contributed by atoms with Gasteiger partial charge in [0.15, 0.2) is 0 Å². The molecule has 0 heterocycles. The highest BCUT2D eigenvalue weighted by molar-refractivity contribution is 5.95. The first-order chi connectivity index (χ1) is 8.75. The second kappa shape index (κ2) is 5.92. The SMILES string of the molecule is CCC(N)CNc1ccc(C(N)=O)c(C(F)(F)F)c1. The molecular weight excluding hydrogens is 259 g/mol. The molecule has 0 radical (unpaired) electrons. The summed E-state index contributed by atoms with van der Waals surface area (Å²) in [5.41, 5.74) is 9.25. The van der Waals surface area contributed by atoms with Crippen LogP contribution >= 0.6 is 0 Å². The molecule has 4 nitrogen and oxygen atoms in total. The molecule has 1 unspecified atom stereocenters. The molecule has 0 bridgehead atoms. The van der Waals surface area contributed by atoms with Crippen LogP contribution in [-0.2, 0) is 6.18 Å². The Bertz CT molecular complexity index is 460. The van der Waals surface area contributed by atoms with Crippen LogP contribution in [-0.4, -0.2) is 18.5 Å². The van der Waals surface area contributed by atoms with E-state index in [0.29, 0.717) is 13.0 Å². The van der Waals surface area contributed by atoms with Gasteiger partial charge < -0.3 is 16.8 Å². The molecular formula is C12H16F3N3O. The number of nitrogens with one attached hydrogen (secondary N) is 1. The molecule has 7 heteroatoms. The minimum atomic E-state index is -4.63. The molecule has 0 saturated heterocycles. The summed E-state index contributed by atoms with van der Waals surface area (Å²) in [5, 5.41) is 2.80. The van der Waals surface area contributed by atoms with Gasteiger partial charge >= 0.3 is 6.18 Å². The maximum absolute atomic E-state index is 12.8. The van der Waals surface area contributed by atoms with Crippen LogP contribution in [0.5, 0.6) is 0 Å². The Morgan fingerprint density at radius 1 is 1.42 bits per heavy atom. The first-order valence-electron chi connectivity index (χ1n) is 5.76. The summed E-state index contributed by atoms with van der Waals surface area (Å²) in [7, 11) is 0. The minimum Gasteiger partial charge on any atom is -0.383 e. The molecule has 19 heavy (non-hydrogen) atoms. The summed E-state index contributed by atoms with van der Waals surface area (Å²) in [6.07, 6.45) is -3.92. The van der Waals surface area contributed by atoms with Crippen molar-refractivity contribution in [3.63, 3.8) is 0 Å². The van der Waals surface area contributed by atoms with Gasteiger partial charge in [-0.25, -0.2) is 0 Å². The van der Waals surface area contributed by atoms with Crippen LogP contribution in [0.25, 0.3) is 0 Å². The fourth-order valence-corrected chi connectivity index (χ4v) is 1.50. The summed E-state index contributed by atoms with van der Waals surface area (Å²) < 4.78 is 38.4. The third-order valence-corrected chi connectivity index (χ3v) is 2.68. The van der Waals surface area contributed by atoms with Gasteiger partial charge in [-0.15, -0.1) is 0 Å². The first kappa shape index (κ1) is 15.3. The molecule has 0 saturated carbocycles. The summed E-state index contributed by atoms with van der Waals surface area (Å²) in [6.45, 7) is 2.23. The Labute approximate surface area is 109 Å². The fourth-order valence-electron chi connectivity index (χ4n) is 1.50. The topological polar surface area (TPSA) is 81.1 Å². The average Bonchev–Trinajstić information content (AvgIpc) is 2.34. The molecule has 0 aliphatic carbocycles. The predicted octanol–water partition coefficient (Wildman–Crippen LogP) is 1.95. The largest absolute Gasteiger partial charge is 0.417 e. The highest BCUT2D eigenvalue weighted by atomic mass is 19.4. The number of primary amides is 1. The third-order valence-electron chi connectivity index (χ3n) is 2.68. The molecule has 1 aromatic rings. The first-order valence-corrected chi connectivity index (χ1v) is 5.76. The van der Waals surface area contributed by atoms with Crippen molar-refractivity contribution >= 4 is 11.6 Å². The lowest BCUT2D eigenvalue weighted by atomic mass is 10.1. The lowest BCUT2D eigenvalue weighted by molar-refractivity contribution is -0.137. The van der Waals surface area contributed by atoms with Crippen molar-refractivity contribution in [2.45, 2.75) is 25.6 Å². The summed E-state index contributed by atoms with van der Waals surface area (Å²) in [6, 6.07) is 3.15. The van der Waals surface area contributed by atoms with Crippen LogP contribution in [0.1, 0.15) is 29.3 Å². The van der Waals surface area contributed by atoms with Crippen molar-refractivity contribution in [3.8, 4) is 0 Å². The summed E-state index contributed by atoms with van der Waals surface area (Å²) in [5.74, 6) is -1.11. The van der Waals surface area contributed by atoms with Gasteiger partial charge in [0.05, 0.1) is 11.1 Å². The molecule has 1 aromatic carbocycles. The van der Waals surface area contributed by atoms with Crippen LogP contribution in [0.4, 0.5) is 18.9 Å². The van der Waals surface area contributed by atoms with E-state index < -0.39 is 23.2 Å². The second-order valence-corrected chi connectivity index (χ2v) is 4.17. The second-order valence-electron chi connectivity index (χ2n) is 4.17. The Kier molecular flexibility index (Phi) is 4.77. The smallest absolute Gasteiger partial charge is 0.383 e. The van der Waals surface area contributed by atoms with Gasteiger partial charge in [0.25, 0.3) is 0 Å². The molecule has 5 N–H and O–H groups in total. The quantitative estimate of drug-likeness (QED) is 0.768. The van der Waals surface area contributed by atoms with Gasteiger partial charge in [0.2, 0.25) is 5.91 Å². The number of carbonyl (C=O) groups is 1. The molecule has 0 aliphatic rings. The van der Waals surface area contributed by atoms with Crippen molar-refractivity contribution in [2.24, 2.45) is 11.5 Å². The van der Waals surface area contributed by atoms with E-state index in [9.17, 15) is 18.0 Å². The Morgan fingerprint density at radius 2 is 2.05 bits per heavy atom. The molecule has 0 fully saturated rings. The lowest BCUT2D eigenvalue weighted by Gasteiger charge is -2.15. The number of anilines is 1. The van der Waals surface area contributed by atoms with Crippen LogP contribution in [0.2, 0.25) is 0 Å². The molecule has 0 aliphatic heterocycles. The zero-order valence-corrected chi connectivity index (χ0v) is 10.4. The summed E-state index contributed by atoms with van der Waals surface area (Å²) in [4.78, 5) is 11.0. The number of nitrogens with two attached hydrogens (primary N) is 2. The monoisotopic (exact) mass is 275 g/mol. The molecule has 0 aromatic heterocycles. The molecule has 1 rings (SSSR count). The molecule has 1 atom stereocenters. The van der Waals surface area contributed by atoms with E-state index in [1.54, 1.807) is 0 Å². The standard InChI is InChI=1S/C12H16F3N3O/c1-2-7(16)6-18-8-3-4-9(11(17)19)10(5-8)12(13,14)15/h3-5,7,18H,2,6,16H2,1H3,(H2,17,19). The van der Waals surface area contributed by atoms with Crippen LogP contribution in [0.15, 0.2) is 18.2 Å². The maximum Gasteiger partial charge on any atom is 0.417 e.